The number of esters is 1. The molecule has 0 bridgehead atoms. The number of carbonyl (C=O) groups excluding carboxylic acids is 2. The average molecular weight is 414 g/mol. The van der Waals surface area contributed by atoms with Crippen LogP contribution in [0.5, 0.6) is 0 Å². The predicted octanol–water partition coefficient (Wildman–Crippen LogP) is 4.70. The van der Waals surface area contributed by atoms with Gasteiger partial charge in [0.25, 0.3) is 5.91 Å². The second-order valence-electron chi connectivity index (χ2n) is 7.03. The summed E-state index contributed by atoms with van der Waals surface area (Å²) in [6, 6.07) is 15.0. The van der Waals surface area contributed by atoms with Gasteiger partial charge in [0.15, 0.2) is 6.10 Å². The third-order valence-electron chi connectivity index (χ3n) is 4.84. The Balaban J connectivity index is 1.57. The second-order valence-corrected chi connectivity index (χ2v) is 8.09. The molecule has 2 aromatic rings. The first-order chi connectivity index (χ1) is 14.1. The van der Waals surface area contributed by atoms with E-state index in [9.17, 15) is 9.59 Å². The van der Waals surface area contributed by atoms with Crippen LogP contribution >= 0.6 is 11.8 Å². The van der Waals surface area contributed by atoms with E-state index in [0.717, 1.165) is 36.5 Å². The average Bonchev–Trinajstić information content (AvgIpc) is 3.26. The molecule has 0 radical (unpaired) electrons. The maximum atomic E-state index is 12.7. The number of ether oxygens (including phenoxy) is 2. The number of amides is 1. The van der Waals surface area contributed by atoms with Crippen LogP contribution in [-0.2, 0) is 20.7 Å². The molecule has 29 heavy (non-hydrogen) atoms. The van der Waals surface area contributed by atoms with Gasteiger partial charge in [0, 0.05) is 22.9 Å². The number of hydrogen-bond acceptors (Lipinski definition) is 5. The van der Waals surface area contributed by atoms with Crippen LogP contribution < -0.4 is 5.32 Å². The number of rotatable bonds is 8. The molecule has 1 amide bonds. The van der Waals surface area contributed by atoms with Gasteiger partial charge in [-0.05, 0) is 56.0 Å². The smallest absolute Gasteiger partial charge is 0.340 e. The van der Waals surface area contributed by atoms with Gasteiger partial charge in [-0.15, -0.1) is 11.8 Å². The van der Waals surface area contributed by atoms with Gasteiger partial charge in [-0.2, -0.15) is 0 Å². The molecule has 1 aliphatic heterocycles. The van der Waals surface area contributed by atoms with Crippen molar-refractivity contribution in [2.45, 2.75) is 50.2 Å². The standard InChI is InChI=1S/C23H27NO4S/c1-3-17-10-12-18(13-11-17)24-22(25)16(2)28-23(26)20-8-4-5-9-21(20)29-15-19-7-6-14-27-19/h4-5,8-13,16,19H,3,6-7,14-15H2,1-2H3,(H,24,25)/t16-,19+/m1/s1. The van der Waals surface area contributed by atoms with Gasteiger partial charge in [0.05, 0.1) is 11.7 Å². The lowest BCUT2D eigenvalue weighted by Crippen LogP contribution is -2.30. The largest absolute Gasteiger partial charge is 0.449 e. The molecule has 2 atom stereocenters. The molecule has 5 nitrogen and oxygen atoms in total. The molecule has 1 saturated heterocycles. The van der Waals surface area contributed by atoms with E-state index in [1.165, 1.54) is 5.56 Å². The topological polar surface area (TPSA) is 64.6 Å². The summed E-state index contributed by atoms with van der Waals surface area (Å²) in [5, 5.41) is 2.79. The van der Waals surface area contributed by atoms with E-state index in [2.05, 4.69) is 12.2 Å². The van der Waals surface area contributed by atoms with Crippen molar-refractivity contribution in [1.82, 2.24) is 0 Å². The fraction of sp³-hybridized carbons (Fsp3) is 0.391. The summed E-state index contributed by atoms with van der Waals surface area (Å²) in [7, 11) is 0. The van der Waals surface area contributed by atoms with Crippen molar-refractivity contribution >= 4 is 29.3 Å². The summed E-state index contributed by atoms with van der Waals surface area (Å²) < 4.78 is 11.1. The Morgan fingerprint density at radius 2 is 1.97 bits per heavy atom. The van der Waals surface area contributed by atoms with Crippen molar-refractivity contribution in [2.75, 3.05) is 17.7 Å². The van der Waals surface area contributed by atoms with E-state index in [4.69, 9.17) is 9.47 Å². The first-order valence-electron chi connectivity index (χ1n) is 10.0. The Morgan fingerprint density at radius 3 is 2.66 bits per heavy atom. The Bertz CT molecular complexity index is 831. The highest BCUT2D eigenvalue weighted by atomic mass is 32.2. The molecular weight excluding hydrogens is 386 g/mol. The molecule has 1 N–H and O–H groups in total. The summed E-state index contributed by atoms with van der Waals surface area (Å²) >= 11 is 1.59. The van der Waals surface area contributed by atoms with Crippen molar-refractivity contribution in [3.8, 4) is 0 Å². The lowest BCUT2D eigenvalue weighted by Gasteiger charge is -2.16. The highest BCUT2D eigenvalue weighted by molar-refractivity contribution is 7.99. The van der Waals surface area contributed by atoms with Gasteiger partial charge < -0.3 is 14.8 Å². The molecule has 2 aromatic carbocycles. The van der Waals surface area contributed by atoms with Gasteiger partial charge in [-0.25, -0.2) is 4.79 Å². The zero-order valence-electron chi connectivity index (χ0n) is 16.9. The zero-order chi connectivity index (χ0) is 20.6. The van der Waals surface area contributed by atoms with E-state index < -0.39 is 12.1 Å². The minimum atomic E-state index is -0.899. The number of carbonyl (C=O) groups is 2. The number of aryl methyl sites for hydroxylation is 1. The van der Waals surface area contributed by atoms with Gasteiger partial charge in [-0.3, -0.25) is 4.79 Å². The first-order valence-corrected chi connectivity index (χ1v) is 11.0. The fourth-order valence-electron chi connectivity index (χ4n) is 3.06. The Hall–Kier alpha value is -2.31. The molecule has 154 valence electrons. The van der Waals surface area contributed by atoms with E-state index in [0.29, 0.717) is 11.3 Å². The van der Waals surface area contributed by atoms with Crippen LogP contribution in [0.25, 0.3) is 0 Å². The van der Waals surface area contributed by atoms with Gasteiger partial charge in [0.1, 0.15) is 0 Å². The van der Waals surface area contributed by atoms with Crippen molar-refractivity contribution in [3.05, 3.63) is 59.7 Å². The van der Waals surface area contributed by atoms with Crippen molar-refractivity contribution in [1.29, 1.82) is 0 Å². The van der Waals surface area contributed by atoms with Crippen LogP contribution in [0.4, 0.5) is 5.69 Å². The summed E-state index contributed by atoms with van der Waals surface area (Å²) in [5.74, 6) is -0.0508. The summed E-state index contributed by atoms with van der Waals surface area (Å²) in [6.45, 7) is 4.46. The van der Waals surface area contributed by atoms with Crippen LogP contribution in [0.3, 0.4) is 0 Å². The number of benzene rings is 2. The van der Waals surface area contributed by atoms with Gasteiger partial charge in [-0.1, -0.05) is 31.2 Å². The molecule has 1 fully saturated rings. The highest BCUT2D eigenvalue weighted by Crippen LogP contribution is 2.27. The number of hydrogen-bond donors (Lipinski definition) is 1. The van der Waals surface area contributed by atoms with Crippen molar-refractivity contribution in [2.24, 2.45) is 0 Å². The molecule has 1 heterocycles. The Morgan fingerprint density at radius 1 is 1.21 bits per heavy atom. The number of anilines is 1. The third kappa shape index (κ3) is 6.08. The molecule has 3 rings (SSSR count). The predicted molar refractivity (Wildman–Crippen MR) is 115 cm³/mol. The number of thioether (sulfide) groups is 1. The molecule has 0 aliphatic carbocycles. The van der Waals surface area contributed by atoms with Crippen molar-refractivity contribution < 1.29 is 19.1 Å². The quantitative estimate of drug-likeness (QED) is 0.502. The van der Waals surface area contributed by atoms with E-state index >= 15 is 0 Å². The lowest BCUT2D eigenvalue weighted by atomic mass is 10.1. The molecule has 0 aromatic heterocycles. The normalized spacial score (nSPS) is 17.0. The third-order valence-corrected chi connectivity index (χ3v) is 6.04. The van der Waals surface area contributed by atoms with Crippen LogP contribution in [0.2, 0.25) is 0 Å². The molecule has 0 spiro atoms. The molecule has 6 heteroatoms. The lowest BCUT2D eigenvalue weighted by molar-refractivity contribution is -0.123. The molecule has 1 aliphatic rings. The SMILES string of the molecule is CCc1ccc(NC(=O)[C@@H](C)OC(=O)c2ccccc2SC[C@@H]2CCCO2)cc1. The van der Waals surface area contributed by atoms with Gasteiger partial charge >= 0.3 is 5.97 Å². The van der Waals surface area contributed by atoms with E-state index in [1.807, 2.05) is 36.4 Å². The van der Waals surface area contributed by atoms with Crippen LogP contribution in [-0.4, -0.2) is 36.4 Å². The van der Waals surface area contributed by atoms with Gasteiger partial charge in [0.2, 0.25) is 0 Å². The second kappa shape index (κ2) is 10.5. The molecule has 0 unspecified atom stereocenters. The zero-order valence-corrected chi connectivity index (χ0v) is 17.7. The number of nitrogens with one attached hydrogen (secondary N) is 1. The maximum absolute atomic E-state index is 12.7. The maximum Gasteiger partial charge on any atom is 0.340 e. The van der Waals surface area contributed by atoms with Crippen LogP contribution in [0.15, 0.2) is 53.4 Å². The van der Waals surface area contributed by atoms with E-state index in [1.54, 1.807) is 30.8 Å². The van der Waals surface area contributed by atoms with Crippen LogP contribution in [0, 0.1) is 0 Å². The highest BCUT2D eigenvalue weighted by Gasteiger charge is 2.22. The minimum absolute atomic E-state index is 0.230. The Labute approximate surface area is 176 Å². The monoisotopic (exact) mass is 413 g/mol. The Kier molecular flexibility index (Phi) is 7.72. The van der Waals surface area contributed by atoms with Crippen LogP contribution in [0.1, 0.15) is 42.6 Å². The fourth-order valence-corrected chi connectivity index (χ4v) is 4.17. The molecular formula is C23H27NO4S. The summed E-state index contributed by atoms with van der Waals surface area (Å²) in [4.78, 5) is 25.9. The van der Waals surface area contributed by atoms with E-state index in [-0.39, 0.29) is 12.0 Å². The summed E-state index contributed by atoms with van der Waals surface area (Å²) in [5.41, 5.74) is 2.35. The minimum Gasteiger partial charge on any atom is -0.449 e. The summed E-state index contributed by atoms with van der Waals surface area (Å²) in [6.07, 6.45) is 2.41. The molecule has 0 saturated carbocycles. The first kappa shape index (κ1) is 21.4. The van der Waals surface area contributed by atoms with Crippen molar-refractivity contribution in [3.63, 3.8) is 0 Å².